The van der Waals surface area contributed by atoms with E-state index in [1.807, 2.05) is 0 Å². The first-order valence-electron chi connectivity index (χ1n) is 6.16. The van der Waals surface area contributed by atoms with Crippen LogP contribution >= 0.6 is 11.3 Å². The number of carbonyl (C=O) groups is 1. The van der Waals surface area contributed by atoms with Crippen LogP contribution in [-0.4, -0.2) is 21.1 Å². The molecule has 2 heterocycles. The lowest BCUT2D eigenvalue weighted by Crippen LogP contribution is -2.28. The molecule has 0 unspecified atom stereocenters. The predicted molar refractivity (Wildman–Crippen MR) is 70.9 cm³/mol. The van der Waals surface area contributed by atoms with Gasteiger partial charge in [0, 0.05) is 11.1 Å². The highest BCUT2D eigenvalue weighted by Gasteiger charge is 2.34. The van der Waals surface area contributed by atoms with Crippen molar-refractivity contribution in [3.63, 3.8) is 0 Å². The van der Waals surface area contributed by atoms with Crippen LogP contribution in [0.25, 0.3) is 0 Å². The molecule has 0 aliphatic rings. The standard InChI is InChI=1S/C12H13F3N4OS/c1-3-7(11-17-9(5-21-11)12(13,14)15)16-10(20)8-4-6(2)18-19-8/h4-5,7H,3H2,1-2H3,(H,16,20)(H,18,19)/t7-/m1/s1. The van der Waals surface area contributed by atoms with Crippen molar-refractivity contribution in [1.29, 1.82) is 0 Å². The Kier molecular flexibility index (Phi) is 4.31. The summed E-state index contributed by atoms with van der Waals surface area (Å²) in [6.07, 6.45) is -4.05. The average Bonchev–Trinajstić information content (AvgIpc) is 3.03. The van der Waals surface area contributed by atoms with Crippen molar-refractivity contribution >= 4 is 17.2 Å². The minimum absolute atomic E-state index is 0.193. The van der Waals surface area contributed by atoms with Crippen LogP contribution in [0.4, 0.5) is 13.2 Å². The minimum atomic E-state index is -4.48. The molecule has 0 aromatic carbocycles. The Labute approximate surface area is 122 Å². The van der Waals surface area contributed by atoms with Crippen molar-refractivity contribution in [2.75, 3.05) is 0 Å². The number of aromatic nitrogens is 3. The van der Waals surface area contributed by atoms with Gasteiger partial charge < -0.3 is 5.32 Å². The van der Waals surface area contributed by atoms with Gasteiger partial charge in [-0.1, -0.05) is 6.92 Å². The van der Waals surface area contributed by atoms with Crippen molar-refractivity contribution in [3.05, 3.63) is 33.5 Å². The lowest BCUT2D eigenvalue weighted by molar-refractivity contribution is -0.140. The molecule has 0 saturated heterocycles. The van der Waals surface area contributed by atoms with Crippen LogP contribution in [0.1, 0.15) is 46.3 Å². The molecule has 0 fully saturated rings. The van der Waals surface area contributed by atoms with Crippen LogP contribution in [0.15, 0.2) is 11.4 Å². The molecule has 2 N–H and O–H groups in total. The van der Waals surface area contributed by atoms with Crippen LogP contribution in [0.5, 0.6) is 0 Å². The predicted octanol–water partition coefficient (Wildman–Crippen LogP) is 3.07. The van der Waals surface area contributed by atoms with E-state index in [1.54, 1.807) is 19.9 Å². The Morgan fingerprint density at radius 2 is 2.24 bits per heavy atom. The highest BCUT2D eigenvalue weighted by molar-refractivity contribution is 7.09. The monoisotopic (exact) mass is 318 g/mol. The molecule has 0 aliphatic heterocycles. The molecule has 1 amide bonds. The first-order valence-corrected chi connectivity index (χ1v) is 7.04. The fraction of sp³-hybridized carbons (Fsp3) is 0.417. The number of nitrogens with zero attached hydrogens (tertiary/aromatic N) is 2. The molecule has 0 aliphatic carbocycles. The smallest absolute Gasteiger partial charge is 0.341 e. The zero-order valence-corrected chi connectivity index (χ0v) is 12.1. The van der Waals surface area contributed by atoms with Gasteiger partial charge >= 0.3 is 6.18 Å². The van der Waals surface area contributed by atoms with E-state index in [1.165, 1.54) is 0 Å². The Bertz CT molecular complexity index is 634. The number of thiazole rings is 1. The molecule has 1 atom stereocenters. The topological polar surface area (TPSA) is 70.7 Å². The summed E-state index contributed by atoms with van der Waals surface area (Å²) in [7, 11) is 0. The summed E-state index contributed by atoms with van der Waals surface area (Å²) in [6.45, 7) is 3.51. The van der Waals surface area contributed by atoms with E-state index in [-0.39, 0.29) is 10.7 Å². The van der Waals surface area contributed by atoms with Crippen molar-refractivity contribution in [3.8, 4) is 0 Å². The molecule has 0 saturated carbocycles. The summed E-state index contributed by atoms with van der Waals surface area (Å²) in [5, 5.41) is 10.3. The number of rotatable bonds is 4. The van der Waals surface area contributed by atoms with E-state index in [2.05, 4.69) is 20.5 Å². The molecule has 0 radical (unpaired) electrons. The number of hydrogen-bond donors (Lipinski definition) is 2. The number of carbonyl (C=O) groups excluding carboxylic acids is 1. The van der Waals surface area contributed by atoms with Gasteiger partial charge in [-0.05, 0) is 19.4 Å². The molecule has 2 aromatic rings. The second-order valence-corrected chi connectivity index (χ2v) is 5.33. The second kappa shape index (κ2) is 5.84. The lowest BCUT2D eigenvalue weighted by Gasteiger charge is -2.13. The molecule has 2 rings (SSSR count). The van der Waals surface area contributed by atoms with Gasteiger partial charge in [-0.25, -0.2) is 4.98 Å². The zero-order valence-electron chi connectivity index (χ0n) is 11.3. The fourth-order valence-electron chi connectivity index (χ4n) is 1.68. The summed E-state index contributed by atoms with van der Waals surface area (Å²) < 4.78 is 37.6. The molecular formula is C12H13F3N4OS. The fourth-order valence-corrected chi connectivity index (χ4v) is 2.64. The highest BCUT2D eigenvalue weighted by Crippen LogP contribution is 2.32. The molecule has 21 heavy (non-hydrogen) atoms. The number of H-pyrrole nitrogens is 1. The summed E-state index contributed by atoms with van der Waals surface area (Å²) in [4.78, 5) is 15.5. The van der Waals surface area contributed by atoms with Crippen molar-refractivity contribution < 1.29 is 18.0 Å². The van der Waals surface area contributed by atoms with Gasteiger partial charge in [-0.15, -0.1) is 11.3 Å². The van der Waals surface area contributed by atoms with Gasteiger partial charge in [0.15, 0.2) is 5.69 Å². The van der Waals surface area contributed by atoms with E-state index >= 15 is 0 Å². The SMILES string of the molecule is CC[C@@H](NC(=O)c1cc(C)[nH]n1)c1nc(C(F)(F)F)cs1. The van der Waals surface area contributed by atoms with Gasteiger partial charge in [0.1, 0.15) is 10.7 Å². The van der Waals surface area contributed by atoms with Gasteiger partial charge in [0.05, 0.1) is 6.04 Å². The van der Waals surface area contributed by atoms with Crippen molar-refractivity contribution in [2.24, 2.45) is 0 Å². The molecule has 5 nitrogen and oxygen atoms in total. The van der Waals surface area contributed by atoms with Gasteiger partial charge in [0.2, 0.25) is 0 Å². The van der Waals surface area contributed by atoms with Gasteiger partial charge in [0.25, 0.3) is 5.91 Å². The van der Waals surface area contributed by atoms with Crippen LogP contribution in [0, 0.1) is 6.92 Å². The molecular weight excluding hydrogens is 305 g/mol. The number of nitrogens with one attached hydrogen (secondary N) is 2. The van der Waals surface area contributed by atoms with Crippen molar-refractivity contribution in [2.45, 2.75) is 32.5 Å². The number of aromatic amines is 1. The van der Waals surface area contributed by atoms with E-state index < -0.39 is 23.8 Å². The number of hydrogen-bond acceptors (Lipinski definition) is 4. The second-order valence-electron chi connectivity index (χ2n) is 4.44. The summed E-state index contributed by atoms with van der Waals surface area (Å²) >= 11 is 0.877. The van der Waals surface area contributed by atoms with Crippen molar-refractivity contribution in [1.82, 2.24) is 20.5 Å². The third kappa shape index (κ3) is 3.60. The normalized spacial score (nSPS) is 13.2. The lowest BCUT2D eigenvalue weighted by atomic mass is 10.2. The van der Waals surface area contributed by atoms with Crippen LogP contribution < -0.4 is 5.32 Å². The quantitative estimate of drug-likeness (QED) is 0.910. The van der Waals surface area contributed by atoms with Crippen LogP contribution in [0.2, 0.25) is 0 Å². The molecule has 0 bridgehead atoms. The minimum Gasteiger partial charge on any atom is -0.341 e. The zero-order chi connectivity index (χ0) is 15.6. The Morgan fingerprint density at radius 3 is 2.71 bits per heavy atom. The van der Waals surface area contributed by atoms with Crippen LogP contribution in [0.3, 0.4) is 0 Å². The third-order valence-corrected chi connectivity index (χ3v) is 3.72. The summed E-state index contributed by atoms with van der Waals surface area (Å²) in [6, 6.07) is 0.987. The van der Waals surface area contributed by atoms with E-state index in [9.17, 15) is 18.0 Å². The maximum Gasteiger partial charge on any atom is 0.434 e. The maximum absolute atomic E-state index is 12.5. The first-order chi connectivity index (χ1) is 9.81. The van der Waals surface area contributed by atoms with E-state index in [0.29, 0.717) is 6.42 Å². The summed E-state index contributed by atoms with van der Waals surface area (Å²) in [5.74, 6) is -0.449. The Hall–Kier alpha value is -1.90. The van der Waals surface area contributed by atoms with E-state index in [0.717, 1.165) is 22.4 Å². The first kappa shape index (κ1) is 15.5. The average molecular weight is 318 g/mol. The summed E-state index contributed by atoms with van der Waals surface area (Å²) in [5.41, 5.74) is -0.0221. The Morgan fingerprint density at radius 1 is 1.52 bits per heavy atom. The number of amides is 1. The van der Waals surface area contributed by atoms with E-state index in [4.69, 9.17) is 0 Å². The van der Waals surface area contributed by atoms with Crippen LogP contribution in [-0.2, 0) is 6.18 Å². The maximum atomic E-state index is 12.5. The van der Waals surface area contributed by atoms with Gasteiger partial charge in [-0.2, -0.15) is 18.3 Å². The molecule has 114 valence electrons. The number of alkyl halides is 3. The van der Waals surface area contributed by atoms with Gasteiger partial charge in [-0.3, -0.25) is 9.89 Å². The molecule has 2 aromatic heterocycles. The largest absolute Gasteiger partial charge is 0.434 e. The number of halogens is 3. The molecule has 9 heteroatoms. The Balaban J connectivity index is 2.13. The molecule has 0 spiro atoms. The number of aryl methyl sites for hydroxylation is 1. The highest BCUT2D eigenvalue weighted by atomic mass is 32.1. The third-order valence-electron chi connectivity index (χ3n) is 2.76.